The smallest absolute Gasteiger partial charge is 0.326 e. The molecule has 0 radical (unpaired) electrons. The fraction of sp³-hybridized carbons (Fsp3) is 0.385. The standard InChI is InChI=1S/C13H14FNO4S/c14-8-1-3-10(4-2-8)20-7-12(17)15-6-9(16)5-11(15)13(18)19/h1-4,9,11,16H,5-7H2,(H,18,19)/t9?,11-/m0/s1. The van der Waals surface area contributed by atoms with Crippen molar-refractivity contribution < 1.29 is 24.2 Å². The molecular weight excluding hydrogens is 285 g/mol. The highest BCUT2D eigenvalue weighted by atomic mass is 32.2. The Hall–Kier alpha value is -1.60. The number of aliphatic hydroxyl groups excluding tert-OH is 1. The van der Waals surface area contributed by atoms with Crippen molar-refractivity contribution in [3.63, 3.8) is 0 Å². The summed E-state index contributed by atoms with van der Waals surface area (Å²) in [4.78, 5) is 24.9. The number of carbonyl (C=O) groups excluding carboxylic acids is 1. The number of aliphatic carboxylic acids is 1. The van der Waals surface area contributed by atoms with Gasteiger partial charge in [-0.25, -0.2) is 9.18 Å². The van der Waals surface area contributed by atoms with Gasteiger partial charge in [0, 0.05) is 17.9 Å². The molecule has 0 aromatic heterocycles. The van der Waals surface area contributed by atoms with E-state index >= 15 is 0 Å². The first-order valence-corrected chi connectivity index (χ1v) is 7.04. The molecule has 0 bridgehead atoms. The van der Waals surface area contributed by atoms with Crippen molar-refractivity contribution in [3.05, 3.63) is 30.1 Å². The van der Waals surface area contributed by atoms with Crippen LogP contribution >= 0.6 is 11.8 Å². The second-order valence-electron chi connectivity index (χ2n) is 4.53. The number of β-amino-alcohol motifs (C(OH)–C–C–N with tert-alkyl or cyclic N) is 1. The van der Waals surface area contributed by atoms with Crippen molar-refractivity contribution >= 4 is 23.6 Å². The molecule has 1 amide bonds. The van der Waals surface area contributed by atoms with Gasteiger partial charge in [0.1, 0.15) is 11.9 Å². The van der Waals surface area contributed by atoms with Gasteiger partial charge in [0.2, 0.25) is 5.91 Å². The van der Waals surface area contributed by atoms with Gasteiger partial charge in [-0.2, -0.15) is 0 Å². The molecule has 0 saturated carbocycles. The first-order chi connectivity index (χ1) is 9.47. The van der Waals surface area contributed by atoms with Crippen LogP contribution in [0.1, 0.15) is 6.42 Å². The topological polar surface area (TPSA) is 77.8 Å². The molecule has 1 unspecified atom stereocenters. The normalized spacial score (nSPS) is 22.0. The number of nitrogens with zero attached hydrogens (tertiary/aromatic N) is 1. The van der Waals surface area contributed by atoms with Crippen molar-refractivity contribution in [1.29, 1.82) is 0 Å². The van der Waals surface area contributed by atoms with Gasteiger partial charge >= 0.3 is 5.97 Å². The number of carboxylic acids is 1. The second-order valence-corrected chi connectivity index (χ2v) is 5.58. The molecular formula is C13H14FNO4S. The van der Waals surface area contributed by atoms with Crippen LogP contribution in [0.2, 0.25) is 0 Å². The van der Waals surface area contributed by atoms with Crippen molar-refractivity contribution in [2.75, 3.05) is 12.3 Å². The minimum Gasteiger partial charge on any atom is -0.480 e. The molecule has 1 aromatic rings. The van der Waals surface area contributed by atoms with Gasteiger partial charge < -0.3 is 15.1 Å². The number of benzene rings is 1. The summed E-state index contributed by atoms with van der Waals surface area (Å²) < 4.78 is 12.7. The number of carboxylic acid groups (broad SMARTS) is 1. The summed E-state index contributed by atoms with van der Waals surface area (Å²) in [6, 6.07) is 4.74. The third kappa shape index (κ3) is 3.49. The molecule has 1 aliphatic rings. The van der Waals surface area contributed by atoms with Crippen molar-refractivity contribution in [3.8, 4) is 0 Å². The summed E-state index contributed by atoms with van der Waals surface area (Å²) >= 11 is 1.21. The molecule has 5 nitrogen and oxygen atoms in total. The first-order valence-electron chi connectivity index (χ1n) is 6.06. The highest BCUT2D eigenvalue weighted by molar-refractivity contribution is 8.00. The predicted octanol–water partition coefficient (Wildman–Crippen LogP) is 0.964. The molecule has 0 aliphatic carbocycles. The molecule has 1 fully saturated rings. The van der Waals surface area contributed by atoms with Gasteiger partial charge in [0.25, 0.3) is 0 Å². The number of likely N-dealkylation sites (tertiary alicyclic amines) is 1. The quantitative estimate of drug-likeness (QED) is 0.810. The van der Waals surface area contributed by atoms with Crippen molar-refractivity contribution in [2.24, 2.45) is 0 Å². The fourth-order valence-corrected chi connectivity index (χ4v) is 2.87. The Bertz CT molecular complexity index is 508. The van der Waals surface area contributed by atoms with Crippen LogP contribution in [0.3, 0.4) is 0 Å². The van der Waals surface area contributed by atoms with Crippen LogP contribution in [0.5, 0.6) is 0 Å². The zero-order valence-corrected chi connectivity index (χ0v) is 11.3. The highest BCUT2D eigenvalue weighted by Crippen LogP contribution is 2.23. The van der Waals surface area contributed by atoms with Crippen molar-refractivity contribution in [1.82, 2.24) is 4.90 Å². The number of rotatable bonds is 4. The zero-order chi connectivity index (χ0) is 14.7. The van der Waals surface area contributed by atoms with E-state index in [2.05, 4.69) is 0 Å². The van der Waals surface area contributed by atoms with E-state index < -0.39 is 18.1 Å². The van der Waals surface area contributed by atoms with Crippen LogP contribution in [-0.2, 0) is 9.59 Å². The van der Waals surface area contributed by atoms with E-state index in [4.69, 9.17) is 5.11 Å². The highest BCUT2D eigenvalue weighted by Gasteiger charge is 2.38. The van der Waals surface area contributed by atoms with Gasteiger partial charge in [-0.1, -0.05) is 0 Å². The molecule has 1 aromatic carbocycles. The summed E-state index contributed by atoms with van der Waals surface area (Å²) in [5, 5.41) is 18.5. The Kier molecular flexibility index (Phi) is 4.61. The van der Waals surface area contributed by atoms with Crippen LogP contribution < -0.4 is 0 Å². The molecule has 2 atom stereocenters. The lowest BCUT2D eigenvalue weighted by molar-refractivity contribution is -0.147. The van der Waals surface area contributed by atoms with E-state index in [1.165, 1.54) is 28.8 Å². The third-order valence-electron chi connectivity index (χ3n) is 3.06. The Balaban J connectivity index is 1.94. The monoisotopic (exact) mass is 299 g/mol. The lowest BCUT2D eigenvalue weighted by Gasteiger charge is -2.20. The number of thioether (sulfide) groups is 1. The maximum atomic E-state index is 12.7. The van der Waals surface area contributed by atoms with Gasteiger partial charge in [0.15, 0.2) is 0 Å². The third-order valence-corrected chi connectivity index (χ3v) is 4.06. The average Bonchev–Trinajstić information content (AvgIpc) is 2.80. The van der Waals surface area contributed by atoms with Crippen LogP contribution in [0.4, 0.5) is 4.39 Å². The van der Waals surface area contributed by atoms with Crippen LogP contribution in [0.15, 0.2) is 29.2 Å². The molecule has 2 N–H and O–H groups in total. The minimum absolute atomic E-state index is 0.0414. The fourth-order valence-electron chi connectivity index (χ4n) is 2.08. The Morgan fingerprint density at radius 1 is 1.35 bits per heavy atom. The summed E-state index contributed by atoms with van der Waals surface area (Å²) in [7, 11) is 0. The van der Waals surface area contributed by atoms with E-state index in [-0.39, 0.29) is 30.4 Å². The van der Waals surface area contributed by atoms with E-state index in [9.17, 15) is 19.1 Å². The number of hydrogen-bond acceptors (Lipinski definition) is 4. The molecule has 7 heteroatoms. The number of carbonyl (C=O) groups is 2. The predicted molar refractivity (Wildman–Crippen MR) is 70.9 cm³/mol. The molecule has 0 spiro atoms. The van der Waals surface area contributed by atoms with Crippen LogP contribution in [0, 0.1) is 5.82 Å². The Morgan fingerprint density at radius 2 is 2.00 bits per heavy atom. The lowest BCUT2D eigenvalue weighted by Crippen LogP contribution is -2.41. The van der Waals surface area contributed by atoms with Crippen LogP contribution in [-0.4, -0.2) is 51.4 Å². The molecule has 2 rings (SSSR count). The van der Waals surface area contributed by atoms with Crippen molar-refractivity contribution in [2.45, 2.75) is 23.5 Å². The molecule has 108 valence electrons. The van der Waals surface area contributed by atoms with E-state index in [1.54, 1.807) is 12.1 Å². The molecule has 1 saturated heterocycles. The zero-order valence-electron chi connectivity index (χ0n) is 10.5. The minimum atomic E-state index is -1.11. The number of aliphatic hydroxyl groups is 1. The molecule has 1 heterocycles. The van der Waals surface area contributed by atoms with Crippen LogP contribution in [0.25, 0.3) is 0 Å². The lowest BCUT2D eigenvalue weighted by atomic mass is 10.2. The average molecular weight is 299 g/mol. The van der Waals surface area contributed by atoms with Gasteiger partial charge in [-0.05, 0) is 24.3 Å². The van der Waals surface area contributed by atoms with E-state index in [1.807, 2.05) is 0 Å². The maximum absolute atomic E-state index is 12.7. The summed E-state index contributed by atoms with van der Waals surface area (Å²) in [6.45, 7) is 0.0414. The summed E-state index contributed by atoms with van der Waals surface area (Å²) in [5.74, 6) is -1.75. The number of hydrogen-bond donors (Lipinski definition) is 2. The molecule has 1 aliphatic heterocycles. The van der Waals surface area contributed by atoms with E-state index in [0.29, 0.717) is 0 Å². The maximum Gasteiger partial charge on any atom is 0.326 e. The second kappa shape index (κ2) is 6.23. The Morgan fingerprint density at radius 3 is 2.60 bits per heavy atom. The summed E-state index contributed by atoms with van der Waals surface area (Å²) in [6.07, 6.45) is -0.738. The van der Waals surface area contributed by atoms with E-state index in [0.717, 1.165) is 4.90 Å². The van der Waals surface area contributed by atoms with Gasteiger partial charge in [-0.3, -0.25) is 4.79 Å². The number of halogens is 1. The summed E-state index contributed by atoms with van der Waals surface area (Å²) in [5.41, 5.74) is 0. The SMILES string of the molecule is O=C(O)[C@@H]1CC(O)CN1C(=O)CSc1ccc(F)cc1. The molecule has 20 heavy (non-hydrogen) atoms. The number of amides is 1. The van der Waals surface area contributed by atoms with Gasteiger partial charge in [-0.15, -0.1) is 11.8 Å². The Labute approximate surface area is 119 Å². The van der Waals surface area contributed by atoms with Gasteiger partial charge in [0.05, 0.1) is 11.9 Å². The largest absolute Gasteiger partial charge is 0.480 e. The first kappa shape index (κ1) is 14.8.